The Balaban J connectivity index is 1.68. The Morgan fingerprint density at radius 3 is 2.76 bits per heavy atom. The number of imide groups is 1. The third kappa shape index (κ3) is 2.80. The van der Waals surface area contributed by atoms with Crippen molar-refractivity contribution in [3.05, 3.63) is 35.9 Å². The molecule has 3 rings (SSSR count). The highest BCUT2D eigenvalue weighted by molar-refractivity contribution is 5.94. The van der Waals surface area contributed by atoms with E-state index in [4.69, 9.17) is 4.74 Å². The zero-order chi connectivity index (χ0) is 14.8. The van der Waals surface area contributed by atoms with Crippen LogP contribution in [0, 0.1) is 0 Å². The molecule has 0 radical (unpaired) electrons. The molecular formula is C17H21NO3. The van der Waals surface area contributed by atoms with Crippen LogP contribution in [0.25, 0.3) is 0 Å². The third-order valence-corrected chi connectivity index (χ3v) is 4.57. The smallest absolute Gasteiger partial charge is 0.417 e. The average molecular weight is 287 g/mol. The molecule has 3 atom stereocenters. The summed E-state index contributed by atoms with van der Waals surface area (Å²) < 4.78 is 5.35. The molecule has 1 aromatic carbocycles. The molecule has 1 aromatic rings. The van der Waals surface area contributed by atoms with E-state index >= 15 is 0 Å². The SMILES string of the molecule is C[C@H](CC(=O)N1C(=O)O[C@H]2CCCC[C@@H]21)c1ccccc1. The van der Waals surface area contributed by atoms with Crippen LogP contribution >= 0.6 is 0 Å². The monoisotopic (exact) mass is 287 g/mol. The molecule has 0 bridgehead atoms. The van der Waals surface area contributed by atoms with Gasteiger partial charge in [0.25, 0.3) is 0 Å². The summed E-state index contributed by atoms with van der Waals surface area (Å²) in [4.78, 5) is 25.9. The summed E-state index contributed by atoms with van der Waals surface area (Å²) in [6.45, 7) is 2.02. The Morgan fingerprint density at radius 2 is 2.00 bits per heavy atom. The van der Waals surface area contributed by atoms with E-state index in [0.29, 0.717) is 6.42 Å². The summed E-state index contributed by atoms with van der Waals surface area (Å²) in [5.74, 6) is -0.0000985. The molecule has 21 heavy (non-hydrogen) atoms. The molecule has 1 saturated carbocycles. The standard InChI is InChI=1S/C17H21NO3/c1-12(13-7-3-2-4-8-13)11-16(19)18-14-9-5-6-10-15(14)21-17(18)20/h2-4,7-8,12,14-15H,5-6,9-11H2,1H3/t12-,14+,15+/m1/s1. The topological polar surface area (TPSA) is 46.6 Å². The lowest BCUT2D eigenvalue weighted by atomic mass is 9.91. The number of fused-ring (bicyclic) bond motifs is 1. The van der Waals surface area contributed by atoms with Gasteiger partial charge >= 0.3 is 6.09 Å². The van der Waals surface area contributed by atoms with Crippen LogP contribution in [-0.4, -0.2) is 29.0 Å². The Bertz CT molecular complexity index is 528. The molecule has 0 N–H and O–H groups in total. The summed E-state index contributed by atoms with van der Waals surface area (Å²) >= 11 is 0. The molecule has 4 heteroatoms. The van der Waals surface area contributed by atoms with Crippen LogP contribution in [0.4, 0.5) is 4.79 Å². The molecule has 2 fully saturated rings. The molecule has 0 aromatic heterocycles. The first-order valence-corrected chi connectivity index (χ1v) is 7.74. The minimum Gasteiger partial charge on any atom is -0.444 e. The molecular weight excluding hydrogens is 266 g/mol. The maximum Gasteiger partial charge on any atom is 0.417 e. The number of hydrogen-bond acceptors (Lipinski definition) is 3. The van der Waals surface area contributed by atoms with Gasteiger partial charge in [-0.25, -0.2) is 9.69 Å². The van der Waals surface area contributed by atoms with Gasteiger partial charge in [0.1, 0.15) is 6.10 Å². The first kappa shape index (κ1) is 14.1. The van der Waals surface area contributed by atoms with Gasteiger partial charge in [0, 0.05) is 6.42 Å². The number of ether oxygens (including phenoxy) is 1. The van der Waals surface area contributed by atoms with Crippen molar-refractivity contribution < 1.29 is 14.3 Å². The van der Waals surface area contributed by atoms with Crippen LogP contribution in [0.5, 0.6) is 0 Å². The Morgan fingerprint density at radius 1 is 1.29 bits per heavy atom. The number of benzene rings is 1. The first-order chi connectivity index (χ1) is 10.2. The number of carbonyl (C=O) groups is 2. The van der Waals surface area contributed by atoms with Gasteiger partial charge in [0.15, 0.2) is 0 Å². The zero-order valence-corrected chi connectivity index (χ0v) is 12.3. The van der Waals surface area contributed by atoms with Crippen molar-refractivity contribution >= 4 is 12.0 Å². The van der Waals surface area contributed by atoms with Crippen LogP contribution in [-0.2, 0) is 9.53 Å². The highest BCUT2D eigenvalue weighted by atomic mass is 16.6. The maximum atomic E-state index is 12.5. The molecule has 112 valence electrons. The van der Waals surface area contributed by atoms with E-state index in [2.05, 4.69) is 0 Å². The Kier molecular flexibility index (Phi) is 3.95. The van der Waals surface area contributed by atoms with E-state index in [1.165, 1.54) is 4.90 Å². The number of amides is 2. The minimum absolute atomic E-state index is 0.0401. The first-order valence-electron chi connectivity index (χ1n) is 7.74. The van der Waals surface area contributed by atoms with Crippen LogP contribution < -0.4 is 0 Å². The number of nitrogens with zero attached hydrogens (tertiary/aromatic N) is 1. The predicted octanol–water partition coefficient (Wildman–Crippen LogP) is 3.47. The van der Waals surface area contributed by atoms with Gasteiger partial charge in [-0.3, -0.25) is 4.79 Å². The third-order valence-electron chi connectivity index (χ3n) is 4.57. The van der Waals surface area contributed by atoms with E-state index in [1.807, 2.05) is 37.3 Å². The van der Waals surface area contributed by atoms with Crippen molar-refractivity contribution in [3.8, 4) is 0 Å². The lowest BCUT2D eigenvalue weighted by molar-refractivity contribution is -0.130. The van der Waals surface area contributed by atoms with Gasteiger partial charge in [0.05, 0.1) is 6.04 Å². The molecule has 1 saturated heterocycles. The number of rotatable bonds is 3. The van der Waals surface area contributed by atoms with Crippen molar-refractivity contribution in [1.29, 1.82) is 0 Å². The summed E-state index contributed by atoms with van der Waals surface area (Å²) in [7, 11) is 0. The van der Waals surface area contributed by atoms with E-state index < -0.39 is 6.09 Å². The fourth-order valence-corrected chi connectivity index (χ4v) is 3.38. The predicted molar refractivity (Wildman–Crippen MR) is 78.8 cm³/mol. The van der Waals surface area contributed by atoms with Crippen LogP contribution in [0.2, 0.25) is 0 Å². The Hall–Kier alpha value is -1.84. The van der Waals surface area contributed by atoms with Crippen LogP contribution in [0.15, 0.2) is 30.3 Å². The maximum absolute atomic E-state index is 12.5. The fourth-order valence-electron chi connectivity index (χ4n) is 3.38. The van der Waals surface area contributed by atoms with Crippen LogP contribution in [0.1, 0.15) is 50.5 Å². The van der Waals surface area contributed by atoms with Gasteiger partial charge in [-0.2, -0.15) is 0 Å². The van der Waals surface area contributed by atoms with Crippen molar-refractivity contribution in [2.24, 2.45) is 0 Å². The summed E-state index contributed by atoms with van der Waals surface area (Å²) in [5.41, 5.74) is 1.12. The second-order valence-corrected chi connectivity index (χ2v) is 6.05. The minimum atomic E-state index is -0.447. The summed E-state index contributed by atoms with van der Waals surface area (Å²) in [5, 5.41) is 0. The van der Waals surface area contributed by atoms with Crippen molar-refractivity contribution in [2.75, 3.05) is 0 Å². The van der Waals surface area contributed by atoms with Crippen molar-refractivity contribution in [1.82, 2.24) is 4.90 Å². The van der Waals surface area contributed by atoms with Gasteiger partial charge < -0.3 is 4.74 Å². The Labute approximate surface area is 125 Å². The second-order valence-electron chi connectivity index (χ2n) is 6.05. The molecule has 1 aliphatic heterocycles. The summed E-state index contributed by atoms with van der Waals surface area (Å²) in [6, 6.07) is 9.90. The zero-order valence-electron chi connectivity index (χ0n) is 12.3. The van der Waals surface area contributed by atoms with E-state index in [0.717, 1.165) is 31.2 Å². The van der Waals surface area contributed by atoms with E-state index in [-0.39, 0.29) is 24.0 Å². The normalized spacial score (nSPS) is 26.1. The van der Waals surface area contributed by atoms with Crippen molar-refractivity contribution in [2.45, 2.75) is 57.1 Å². The average Bonchev–Trinajstić information content (AvgIpc) is 2.83. The van der Waals surface area contributed by atoms with Crippen LogP contribution in [0.3, 0.4) is 0 Å². The lowest BCUT2D eigenvalue weighted by Crippen LogP contribution is -2.42. The van der Waals surface area contributed by atoms with E-state index in [1.54, 1.807) is 0 Å². The molecule has 0 unspecified atom stereocenters. The molecule has 2 amide bonds. The highest BCUT2D eigenvalue weighted by Gasteiger charge is 2.45. The highest BCUT2D eigenvalue weighted by Crippen LogP contribution is 2.33. The molecule has 0 spiro atoms. The largest absolute Gasteiger partial charge is 0.444 e. The van der Waals surface area contributed by atoms with E-state index in [9.17, 15) is 9.59 Å². The fraction of sp³-hybridized carbons (Fsp3) is 0.529. The molecule has 1 aliphatic carbocycles. The number of carbonyl (C=O) groups excluding carboxylic acids is 2. The number of hydrogen-bond donors (Lipinski definition) is 0. The molecule has 4 nitrogen and oxygen atoms in total. The quantitative estimate of drug-likeness (QED) is 0.855. The lowest BCUT2D eigenvalue weighted by Gasteiger charge is -2.27. The van der Waals surface area contributed by atoms with Gasteiger partial charge in [-0.05, 0) is 30.7 Å². The van der Waals surface area contributed by atoms with Crippen molar-refractivity contribution in [3.63, 3.8) is 0 Å². The van der Waals surface area contributed by atoms with Gasteiger partial charge in [0.2, 0.25) is 5.91 Å². The van der Waals surface area contributed by atoms with Gasteiger partial charge in [-0.15, -0.1) is 0 Å². The second kappa shape index (κ2) is 5.88. The summed E-state index contributed by atoms with van der Waals surface area (Å²) in [6.07, 6.45) is 3.73. The van der Waals surface area contributed by atoms with Gasteiger partial charge in [-0.1, -0.05) is 43.7 Å². The molecule has 1 heterocycles. The molecule has 2 aliphatic rings.